The van der Waals surface area contributed by atoms with Gasteiger partial charge in [-0.1, -0.05) is 27.7 Å². The molecule has 6 fully saturated rings. The minimum absolute atomic E-state index is 0.0772. The summed E-state index contributed by atoms with van der Waals surface area (Å²) in [5.74, 6) is 1.20. The summed E-state index contributed by atoms with van der Waals surface area (Å²) >= 11 is 0. The van der Waals surface area contributed by atoms with Crippen molar-refractivity contribution in [2.45, 2.75) is 96.8 Å². The highest BCUT2D eigenvalue weighted by Gasteiger charge is 2.65. The second kappa shape index (κ2) is 5.79. The van der Waals surface area contributed by atoms with Crippen molar-refractivity contribution in [3.63, 3.8) is 0 Å². The normalized spacial score (nSPS) is 55.4. The van der Waals surface area contributed by atoms with Crippen LogP contribution in [0, 0.1) is 34.0 Å². The molecule has 3 saturated heterocycles. The highest BCUT2D eigenvalue weighted by Crippen LogP contribution is 2.63. The molecule has 29 heavy (non-hydrogen) atoms. The maximum atomic E-state index is 13.0. The van der Waals surface area contributed by atoms with E-state index in [0.717, 1.165) is 32.5 Å². The Kier molecular flexibility index (Phi) is 3.82. The van der Waals surface area contributed by atoms with Crippen LogP contribution in [0.5, 0.6) is 0 Å². The summed E-state index contributed by atoms with van der Waals surface area (Å²) in [6.07, 6.45) is 10.0. The molecule has 4 nitrogen and oxygen atoms in total. The Balaban J connectivity index is 1.22. The number of rotatable bonds is 2. The molecule has 0 radical (unpaired) electrons. The van der Waals surface area contributed by atoms with Crippen molar-refractivity contribution in [2.24, 2.45) is 34.0 Å². The van der Waals surface area contributed by atoms with Gasteiger partial charge in [0.05, 0.1) is 18.1 Å². The zero-order chi connectivity index (χ0) is 20.2. The lowest BCUT2D eigenvalue weighted by Gasteiger charge is -2.51. The fourth-order valence-electron chi connectivity index (χ4n) is 9.21. The van der Waals surface area contributed by atoms with Crippen LogP contribution in [-0.2, 0) is 14.3 Å². The number of likely N-dealkylation sites (tertiary alicyclic amines) is 1. The summed E-state index contributed by atoms with van der Waals surface area (Å²) < 4.78 is 12.1. The summed E-state index contributed by atoms with van der Waals surface area (Å²) in [6, 6.07) is 0.650. The summed E-state index contributed by atoms with van der Waals surface area (Å²) in [5.41, 5.74) is 1.30. The van der Waals surface area contributed by atoms with Gasteiger partial charge < -0.3 is 9.47 Å². The summed E-state index contributed by atoms with van der Waals surface area (Å²) in [6.45, 7) is 12.8. The average molecular weight is 402 g/mol. The predicted octanol–water partition coefficient (Wildman–Crippen LogP) is 4.41. The van der Waals surface area contributed by atoms with Crippen LogP contribution in [0.15, 0.2) is 0 Å². The van der Waals surface area contributed by atoms with Crippen LogP contribution < -0.4 is 0 Å². The van der Waals surface area contributed by atoms with Crippen LogP contribution in [0.4, 0.5) is 0 Å². The van der Waals surface area contributed by atoms with Gasteiger partial charge in [-0.2, -0.15) is 0 Å². The van der Waals surface area contributed by atoms with Crippen molar-refractivity contribution in [1.29, 1.82) is 0 Å². The largest absolute Gasteiger partial charge is 0.462 e. The lowest BCUT2D eigenvalue weighted by molar-refractivity contribution is -0.147. The SMILES string of the molecule is CC1(C)C[C@H]2C[C@@](C)(CN2C[C@H]2C(=O)O[C@@H]3C[C@@]4(C)CCC[C@@]5(CO5)[C@@H]4C[C@@H]32)C1. The fourth-order valence-corrected chi connectivity index (χ4v) is 9.21. The second-order valence-corrected chi connectivity index (χ2v) is 13.2. The highest BCUT2D eigenvalue weighted by atomic mass is 16.6. The Bertz CT molecular complexity index is 730. The zero-order valence-corrected chi connectivity index (χ0v) is 18.8. The molecule has 0 aromatic rings. The smallest absolute Gasteiger partial charge is 0.310 e. The van der Waals surface area contributed by atoms with Gasteiger partial charge in [-0.25, -0.2) is 0 Å². The Morgan fingerprint density at radius 3 is 2.66 bits per heavy atom. The number of nitrogens with zero attached hydrogens (tertiary/aromatic N) is 1. The monoisotopic (exact) mass is 401 g/mol. The lowest BCUT2D eigenvalue weighted by Crippen LogP contribution is -2.51. The molecule has 3 aliphatic heterocycles. The first kappa shape index (κ1) is 19.1. The molecule has 0 unspecified atom stereocenters. The quantitative estimate of drug-likeness (QED) is 0.508. The van der Waals surface area contributed by atoms with E-state index in [1.807, 2.05) is 0 Å². The van der Waals surface area contributed by atoms with Crippen LogP contribution in [0.25, 0.3) is 0 Å². The van der Waals surface area contributed by atoms with Crippen LogP contribution in [0.2, 0.25) is 0 Å². The summed E-state index contributed by atoms with van der Waals surface area (Å²) in [4.78, 5) is 15.7. The average Bonchev–Trinajstić information content (AvgIpc) is 3.23. The molecule has 8 atom stereocenters. The molecular weight excluding hydrogens is 362 g/mol. The first-order chi connectivity index (χ1) is 13.6. The van der Waals surface area contributed by atoms with Crippen molar-refractivity contribution in [3.8, 4) is 0 Å². The third kappa shape index (κ3) is 2.87. The molecule has 2 bridgehead atoms. The van der Waals surface area contributed by atoms with Crippen LogP contribution in [0.1, 0.15) is 79.1 Å². The van der Waals surface area contributed by atoms with Crippen molar-refractivity contribution >= 4 is 5.97 Å². The van der Waals surface area contributed by atoms with Gasteiger partial charge >= 0.3 is 5.97 Å². The molecule has 0 N–H and O–H groups in total. The van der Waals surface area contributed by atoms with E-state index < -0.39 is 0 Å². The minimum atomic E-state index is 0.0772. The first-order valence-corrected chi connectivity index (χ1v) is 12.2. The Hall–Kier alpha value is -0.610. The van der Waals surface area contributed by atoms with Gasteiger partial charge in [0.2, 0.25) is 0 Å². The number of hydrogen-bond donors (Lipinski definition) is 0. The molecule has 6 rings (SSSR count). The number of carbonyl (C=O) groups excluding carboxylic acids is 1. The molecule has 4 heteroatoms. The standard InChI is InChI=1S/C25H39NO3/c1-22(2)9-16-10-23(3,13-22)14-26(16)12-18-17-8-20-24(4,11-19(17)29-21(18)27)6-5-7-25(20)15-28-25/h16-20H,5-15H2,1-4H3/t16-,17+,18+,19+,20+,23+,24+,25+/m0/s1. The van der Waals surface area contributed by atoms with Crippen LogP contribution in [-0.4, -0.2) is 48.3 Å². The molecule has 1 spiro atoms. The number of fused-ring (bicyclic) bond motifs is 5. The first-order valence-electron chi connectivity index (χ1n) is 12.2. The molecule has 3 heterocycles. The van der Waals surface area contributed by atoms with Crippen molar-refractivity contribution in [2.75, 3.05) is 19.7 Å². The highest BCUT2D eigenvalue weighted by molar-refractivity contribution is 5.75. The molecular formula is C25H39NO3. The lowest BCUT2D eigenvalue weighted by atomic mass is 9.53. The maximum absolute atomic E-state index is 13.0. The Morgan fingerprint density at radius 2 is 1.90 bits per heavy atom. The molecule has 0 aromatic carbocycles. The van der Waals surface area contributed by atoms with Gasteiger partial charge in [-0.05, 0) is 73.5 Å². The number of esters is 1. The van der Waals surface area contributed by atoms with E-state index in [1.54, 1.807) is 0 Å². The van der Waals surface area contributed by atoms with E-state index >= 15 is 0 Å². The molecule has 3 aliphatic carbocycles. The maximum Gasteiger partial charge on any atom is 0.310 e. The Labute approximate surface area is 176 Å². The van der Waals surface area contributed by atoms with E-state index in [1.165, 1.54) is 38.5 Å². The topological polar surface area (TPSA) is 42.1 Å². The molecule has 3 saturated carbocycles. The van der Waals surface area contributed by atoms with Crippen molar-refractivity contribution < 1.29 is 14.3 Å². The van der Waals surface area contributed by atoms with Crippen molar-refractivity contribution in [3.05, 3.63) is 0 Å². The third-order valence-electron chi connectivity index (χ3n) is 10.0. The van der Waals surface area contributed by atoms with Crippen molar-refractivity contribution in [1.82, 2.24) is 4.90 Å². The van der Waals surface area contributed by atoms with Gasteiger partial charge in [0, 0.05) is 25.0 Å². The van der Waals surface area contributed by atoms with Gasteiger partial charge in [0.1, 0.15) is 6.10 Å². The van der Waals surface area contributed by atoms with E-state index in [2.05, 4.69) is 32.6 Å². The zero-order valence-electron chi connectivity index (χ0n) is 18.8. The minimum Gasteiger partial charge on any atom is -0.462 e. The van der Waals surface area contributed by atoms with E-state index in [4.69, 9.17) is 9.47 Å². The molecule has 0 aromatic heterocycles. The number of hydrogen-bond acceptors (Lipinski definition) is 4. The Morgan fingerprint density at radius 1 is 1.10 bits per heavy atom. The van der Waals surface area contributed by atoms with Gasteiger partial charge in [0.25, 0.3) is 0 Å². The molecule has 6 aliphatic rings. The van der Waals surface area contributed by atoms with Gasteiger partial charge in [-0.3, -0.25) is 9.69 Å². The van der Waals surface area contributed by atoms with E-state index in [9.17, 15) is 4.79 Å². The summed E-state index contributed by atoms with van der Waals surface area (Å²) in [5, 5.41) is 0. The fraction of sp³-hybridized carbons (Fsp3) is 0.960. The number of ether oxygens (including phenoxy) is 2. The van der Waals surface area contributed by atoms with Gasteiger partial charge in [0.15, 0.2) is 0 Å². The molecule has 0 amide bonds. The third-order valence-corrected chi connectivity index (χ3v) is 10.0. The predicted molar refractivity (Wildman–Crippen MR) is 111 cm³/mol. The van der Waals surface area contributed by atoms with Crippen LogP contribution in [0.3, 0.4) is 0 Å². The van der Waals surface area contributed by atoms with Gasteiger partial charge in [-0.15, -0.1) is 0 Å². The van der Waals surface area contributed by atoms with E-state index in [0.29, 0.717) is 34.1 Å². The summed E-state index contributed by atoms with van der Waals surface area (Å²) in [7, 11) is 0. The van der Waals surface area contributed by atoms with E-state index in [-0.39, 0.29) is 23.6 Å². The molecule has 162 valence electrons. The second-order valence-electron chi connectivity index (χ2n) is 13.2. The van der Waals surface area contributed by atoms with Crippen LogP contribution >= 0.6 is 0 Å². The number of epoxide rings is 1. The number of carbonyl (C=O) groups is 1.